The highest BCUT2D eigenvalue weighted by molar-refractivity contribution is 6.21. The highest BCUT2D eigenvalue weighted by Crippen LogP contribution is 2.45. The first-order chi connectivity index (χ1) is 22.3. The summed E-state index contributed by atoms with van der Waals surface area (Å²) in [6.07, 6.45) is 0. The minimum absolute atomic E-state index is 0.914. The molecule has 1 aromatic heterocycles. The van der Waals surface area contributed by atoms with Crippen molar-refractivity contribution in [2.24, 2.45) is 0 Å². The fourth-order valence-corrected chi connectivity index (χ4v) is 7.00. The summed E-state index contributed by atoms with van der Waals surface area (Å²) in [6, 6.07) is 61.1. The Morgan fingerprint density at radius 2 is 0.667 bits per heavy atom. The van der Waals surface area contributed by atoms with E-state index < -0.39 is 0 Å². The molecule has 210 valence electrons. The van der Waals surface area contributed by atoms with E-state index in [2.05, 4.69) is 158 Å². The summed E-state index contributed by atoms with van der Waals surface area (Å²) < 4.78 is 6.24. The molecular weight excluding hydrogens is 544 g/mol. The fraction of sp³-hybridized carbons (Fsp3) is 0. The Morgan fingerprint density at radius 3 is 1.27 bits per heavy atom. The van der Waals surface area contributed by atoms with E-state index in [1.54, 1.807) is 0 Å². The lowest BCUT2D eigenvalue weighted by Gasteiger charge is -2.18. The van der Waals surface area contributed by atoms with Crippen molar-refractivity contribution in [2.75, 3.05) is 0 Å². The molecule has 9 rings (SSSR count). The zero-order valence-corrected chi connectivity index (χ0v) is 24.6. The van der Waals surface area contributed by atoms with E-state index in [1.165, 1.54) is 60.5 Å². The summed E-state index contributed by atoms with van der Waals surface area (Å²) in [5.41, 5.74) is 11.6. The van der Waals surface area contributed by atoms with Gasteiger partial charge in [-0.15, -0.1) is 0 Å². The van der Waals surface area contributed by atoms with Crippen molar-refractivity contribution < 1.29 is 4.42 Å². The predicted molar refractivity (Wildman–Crippen MR) is 190 cm³/mol. The molecule has 0 fully saturated rings. The summed E-state index contributed by atoms with van der Waals surface area (Å²) in [5, 5.41) is 7.31. The van der Waals surface area contributed by atoms with Crippen molar-refractivity contribution in [2.45, 2.75) is 0 Å². The molecule has 1 heterocycles. The zero-order valence-electron chi connectivity index (χ0n) is 24.6. The lowest BCUT2D eigenvalue weighted by atomic mass is 9.85. The molecule has 45 heavy (non-hydrogen) atoms. The second-order valence-electron chi connectivity index (χ2n) is 11.7. The van der Waals surface area contributed by atoms with E-state index in [0.717, 1.165) is 27.5 Å². The summed E-state index contributed by atoms with van der Waals surface area (Å²) >= 11 is 0. The van der Waals surface area contributed by atoms with Crippen LogP contribution in [-0.4, -0.2) is 0 Å². The number of furan rings is 1. The van der Waals surface area contributed by atoms with E-state index >= 15 is 0 Å². The topological polar surface area (TPSA) is 13.1 Å². The van der Waals surface area contributed by atoms with Crippen molar-refractivity contribution in [3.05, 3.63) is 170 Å². The third-order valence-electron chi connectivity index (χ3n) is 9.05. The van der Waals surface area contributed by atoms with Gasteiger partial charge in [0, 0.05) is 10.8 Å². The number of rotatable bonds is 4. The Labute approximate surface area is 261 Å². The summed E-state index contributed by atoms with van der Waals surface area (Å²) in [6.45, 7) is 0. The monoisotopic (exact) mass is 572 g/mol. The van der Waals surface area contributed by atoms with Crippen molar-refractivity contribution >= 4 is 43.5 Å². The van der Waals surface area contributed by atoms with Gasteiger partial charge >= 0.3 is 0 Å². The molecule has 0 unspecified atom stereocenters. The fourth-order valence-electron chi connectivity index (χ4n) is 7.00. The average molecular weight is 573 g/mol. The van der Waals surface area contributed by atoms with Crippen LogP contribution in [-0.2, 0) is 0 Å². The average Bonchev–Trinajstić information content (AvgIpc) is 3.49. The van der Waals surface area contributed by atoms with Crippen LogP contribution in [0.15, 0.2) is 174 Å². The first-order valence-electron chi connectivity index (χ1n) is 15.4. The van der Waals surface area contributed by atoms with E-state index in [-0.39, 0.29) is 0 Å². The van der Waals surface area contributed by atoms with Crippen LogP contribution < -0.4 is 0 Å². The maximum absolute atomic E-state index is 6.24. The highest BCUT2D eigenvalue weighted by atomic mass is 16.3. The first kappa shape index (κ1) is 25.6. The van der Waals surface area contributed by atoms with Gasteiger partial charge in [0.1, 0.15) is 11.2 Å². The van der Waals surface area contributed by atoms with Gasteiger partial charge in [-0.25, -0.2) is 0 Å². The molecule has 0 radical (unpaired) electrons. The molecule has 0 aliphatic rings. The number of fused-ring (bicyclic) bond motifs is 5. The summed E-state index contributed by atoms with van der Waals surface area (Å²) in [7, 11) is 0. The van der Waals surface area contributed by atoms with Gasteiger partial charge in [0.25, 0.3) is 0 Å². The summed E-state index contributed by atoms with van der Waals surface area (Å²) in [5.74, 6) is 0. The third kappa shape index (κ3) is 4.24. The maximum atomic E-state index is 6.24. The minimum Gasteiger partial charge on any atom is -0.456 e. The molecule has 0 N–H and O–H groups in total. The quantitative estimate of drug-likeness (QED) is 0.191. The van der Waals surface area contributed by atoms with Crippen LogP contribution >= 0.6 is 0 Å². The number of benzene rings is 8. The van der Waals surface area contributed by atoms with Crippen LogP contribution in [0.25, 0.3) is 88.0 Å². The van der Waals surface area contributed by atoms with Gasteiger partial charge in [-0.3, -0.25) is 0 Å². The Morgan fingerprint density at radius 1 is 0.244 bits per heavy atom. The molecule has 8 aromatic carbocycles. The largest absolute Gasteiger partial charge is 0.456 e. The molecule has 1 heteroatoms. The second-order valence-corrected chi connectivity index (χ2v) is 11.7. The summed E-state index contributed by atoms with van der Waals surface area (Å²) in [4.78, 5) is 0. The molecule has 9 aromatic rings. The molecule has 1 nitrogen and oxygen atoms in total. The third-order valence-corrected chi connectivity index (χ3v) is 9.05. The molecule has 0 spiro atoms. The van der Waals surface area contributed by atoms with Crippen LogP contribution in [0.4, 0.5) is 0 Å². The van der Waals surface area contributed by atoms with Crippen LogP contribution in [0.3, 0.4) is 0 Å². The second kappa shape index (κ2) is 10.4. The van der Waals surface area contributed by atoms with Gasteiger partial charge in [-0.2, -0.15) is 0 Å². The zero-order chi connectivity index (χ0) is 29.7. The minimum atomic E-state index is 0.914. The lowest BCUT2D eigenvalue weighted by molar-refractivity contribution is 0.669. The maximum Gasteiger partial charge on any atom is 0.136 e. The molecule has 0 bridgehead atoms. The normalized spacial score (nSPS) is 11.6. The number of hydrogen-bond acceptors (Lipinski definition) is 1. The van der Waals surface area contributed by atoms with Gasteiger partial charge in [0.15, 0.2) is 0 Å². The van der Waals surface area contributed by atoms with E-state index in [4.69, 9.17) is 4.42 Å². The Hall–Kier alpha value is -5.92. The molecule has 0 amide bonds. The van der Waals surface area contributed by atoms with Crippen molar-refractivity contribution in [1.29, 1.82) is 0 Å². The SMILES string of the molecule is c1ccc(-c2cccc(-c3c4ccccc4c(-c4cccc(-c5ccc6c(c5)oc5ccccc56)c4)c4ccccc34)c2)cc1. The van der Waals surface area contributed by atoms with Gasteiger partial charge in [-0.05, 0) is 96.4 Å². The molecule has 0 aliphatic heterocycles. The van der Waals surface area contributed by atoms with E-state index in [9.17, 15) is 0 Å². The molecule has 0 aliphatic carbocycles. The van der Waals surface area contributed by atoms with Gasteiger partial charge in [0.05, 0.1) is 0 Å². The Balaban J connectivity index is 1.25. The van der Waals surface area contributed by atoms with Gasteiger partial charge in [0.2, 0.25) is 0 Å². The Bertz CT molecular complexity index is 2480. The molecule has 0 atom stereocenters. The number of hydrogen-bond donors (Lipinski definition) is 0. The van der Waals surface area contributed by atoms with Gasteiger partial charge in [-0.1, -0.05) is 140 Å². The first-order valence-corrected chi connectivity index (χ1v) is 15.4. The van der Waals surface area contributed by atoms with Crippen LogP contribution in [0.1, 0.15) is 0 Å². The molecular formula is C44H28O. The molecule has 0 saturated carbocycles. The van der Waals surface area contributed by atoms with Crippen LogP contribution in [0, 0.1) is 0 Å². The molecule has 0 saturated heterocycles. The van der Waals surface area contributed by atoms with Crippen molar-refractivity contribution in [1.82, 2.24) is 0 Å². The predicted octanol–water partition coefficient (Wildman–Crippen LogP) is 12.6. The van der Waals surface area contributed by atoms with E-state index in [1.807, 2.05) is 12.1 Å². The van der Waals surface area contributed by atoms with Crippen LogP contribution in [0.5, 0.6) is 0 Å². The van der Waals surface area contributed by atoms with Gasteiger partial charge < -0.3 is 4.42 Å². The van der Waals surface area contributed by atoms with Crippen LogP contribution in [0.2, 0.25) is 0 Å². The highest BCUT2D eigenvalue weighted by Gasteiger charge is 2.17. The standard InChI is InChI=1S/C44H28O/c1-2-12-29(13-3-1)30-14-10-16-33(26-30)43-37-19-4-6-21-39(37)44(40-22-7-5-20-38(40)43)34-17-11-15-31(27-34)32-24-25-36-35-18-8-9-23-41(35)45-42(36)28-32/h1-28H. The van der Waals surface area contributed by atoms with E-state index in [0.29, 0.717) is 0 Å². The van der Waals surface area contributed by atoms with Crippen molar-refractivity contribution in [3.63, 3.8) is 0 Å². The lowest BCUT2D eigenvalue weighted by Crippen LogP contribution is -1.91. The smallest absolute Gasteiger partial charge is 0.136 e. The van der Waals surface area contributed by atoms with Crippen molar-refractivity contribution in [3.8, 4) is 44.5 Å². The Kier molecular flexibility index (Phi) is 5.89. The number of para-hydroxylation sites is 1.